The Bertz CT molecular complexity index is 2020. The van der Waals surface area contributed by atoms with Crippen LogP contribution in [0.3, 0.4) is 0 Å². The van der Waals surface area contributed by atoms with Gasteiger partial charge in [-0.1, -0.05) is 30.7 Å². The van der Waals surface area contributed by atoms with Crippen LogP contribution in [0.1, 0.15) is 41.5 Å². The van der Waals surface area contributed by atoms with E-state index in [1.807, 2.05) is 48.5 Å². The molecule has 0 bridgehead atoms. The fourth-order valence-electron chi connectivity index (χ4n) is 8.30. The van der Waals surface area contributed by atoms with E-state index in [1.54, 1.807) is 23.7 Å². The first-order chi connectivity index (χ1) is 24.8. The first-order valence-corrected chi connectivity index (χ1v) is 18.3. The summed E-state index contributed by atoms with van der Waals surface area (Å²) in [4.78, 5) is 41.5. The summed E-state index contributed by atoms with van der Waals surface area (Å²) >= 11 is 1.57. The van der Waals surface area contributed by atoms with Gasteiger partial charge in [0, 0.05) is 87.2 Å². The van der Waals surface area contributed by atoms with Crippen molar-refractivity contribution < 1.29 is 4.74 Å². The Labute approximate surface area is 294 Å². The van der Waals surface area contributed by atoms with Crippen molar-refractivity contribution in [3.63, 3.8) is 0 Å². The van der Waals surface area contributed by atoms with E-state index in [0.29, 0.717) is 18.2 Å². The minimum Gasteiger partial charge on any atom is -0.361 e. The number of aromatic amines is 1. The standard InChI is InChI=1S/C37H39N11OS/c1-4-21-47(22-5-1)37(31-12-11-28-8-2-3-9-29(28)45-31)36(34-44-20-25-50-34,33-42-14-7-15-43-33)48(32-26-39-16-17-41-32)27-35(49-37,30-10-6-13-40-30)46-23-18-38-19-24-46/h2-3,6-17,20,25-26,38,40H,1,4-5,18-19,21-24,27H2. The van der Waals surface area contributed by atoms with Crippen molar-refractivity contribution in [1.29, 1.82) is 0 Å². The van der Waals surface area contributed by atoms with Gasteiger partial charge in [-0.25, -0.2) is 24.9 Å². The molecule has 0 amide bonds. The normalized spacial score (nSPS) is 26.7. The number of nitrogens with one attached hydrogen (secondary N) is 2. The van der Waals surface area contributed by atoms with E-state index >= 15 is 0 Å². The predicted molar refractivity (Wildman–Crippen MR) is 191 cm³/mol. The van der Waals surface area contributed by atoms with Gasteiger partial charge in [0.2, 0.25) is 11.3 Å². The van der Waals surface area contributed by atoms with Crippen LogP contribution >= 0.6 is 11.3 Å². The Morgan fingerprint density at radius 2 is 1.62 bits per heavy atom. The summed E-state index contributed by atoms with van der Waals surface area (Å²) in [5, 5.41) is 7.43. The Morgan fingerprint density at radius 3 is 2.38 bits per heavy atom. The first kappa shape index (κ1) is 31.3. The summed E-state index contributed by atoms with van der Waals surface area (Å²) < 4.78 is 8.29. The van der Waals surface area contributed by atoms with E-state index < -0.39 is 17.0 Å². The van der Waals surface area contributed by atoms with Gasteiger partial charge >= 0.3 is 0 Å². The average molecular weight is 686 g/mol. The van der Waals surface area contributed by atoms with Gasteiger partial charge in [-0.15, -0.1) is 11.3 Å². The maximum Gasteiger partial charge on any atom is 0.205 e. The number of pyridine rings is 1. The van der Waals surface area contributed by atoms with Crippen LogP contribution in [-0.4, -0.2) is 90.5 Å². The largest absolute Gasteiger partial charge is 0.361 e. The number of likely N-dealkylation sites (tertiary alicyclic amines) is 1. The molecule has 8 heterocycles. The zero-order valence-corrected chi connectivity index (χ0v) is 28.5. The van der Waals surface area contributed by atoms with Crippen LogP contribution in [0.4, 0.5) is 5.82 Å². The number of fused-ring (bicyclic) bond motifs is 1. The number of piperidine rings is 1. The van der Waals surface area contributed by atoms with E-state index in [4.69, 9.17) is 29.7 Å². The molecular weight excluding hydrogens is 647 g/mol. The Hall–Kier alpha value is -4.66. The molecule has 50 heavy (non-hydrogen) atoms. The molecule has 254 valence electrons. The fourth-order valence-corrected chi connectivity index (χ4v) is 9.18. The summed E-state index contributed by atoms with van der Waals surface area (Å²) in [7, 11) is 0. The molecule has 12 nitrogen and oxygen atoms in total. The van der Waals surface area contributed by atoms with Gasteiger partial charge in [0.25, 0.3) is 0 Å². The van der Waals surface area contributed by atoms with Crippen LogP contribution in [0, 0.1) is 0 Å². The average Bonchev–Trinajstić information content (AvgIpc) is 3.95. The van der Waals surface area contributed by atoms with Crippen molar-refractivity contribution in [2.75, 3.05) is 50.7 Å². The lowest BCUT2D eigenvalue weighted by Crippen LogP contribution is -2.79. The molecule has 3 aliphatic rings. The summed E-state index contributed by atoms with van der Waals surface area (Å²) in [6.07, 6.45) is 15.9. The second-order valence-corrected chi connectivity index (χ2v) is 14.0. The number of thiazole rings is 1. The third-order valence-corrected chi connectivity index (χ3v) is 11.3. The molecule has 6 aromatic rings. The zero-order valence-electron chi connectivity index (χ0n) is 27.7. The number of para-hydroxylation sites is 1. The lowest BCUT2D eigenvalue weighted by atomic mass is 9.75. The highest BCUT2D eigenvalue weighted by atomic mass is 32.1. The number of hydrogen-bond acceptors (Lipinski definition) is 12. The van der Waals surface area contributed by atoms with Gasteiger partial charge in [0.05, 0.1) is 29.6 Å². The lowest BCUT2D eigenvalue weighted by Gasteiger charge is -2.66. The molecule has 3 atom stereocenters. The van der Waals surface area contributed by atoms with Crippen LogP contribution < -0.4 is 10.2 Å². The number of rotatable bonds is 7. The molecule has 0 spiro atoms. The maximum atomic E-state index is 8.29. The number of piperazine rings is 1. The molecule has 0 aliphatic carbocycles. The quantitative estimate of drug-likeness (QED) is 0.247. The minimum atomic E-state index is -1.32. The van der Waals surface area contributed by atoms with Gasteiger partial charge < -0.3 is 19.9 Å². The first-order valence-electron chi connectivity index (χ1n) is 17.4. The number of nitrogens with zero attached hydrogens (tertiary/aromatic N) is 9. The maximum absolute atomic E-state index is 8.29. The SMILES string of the molecule is c1cnc(C2(c3nccs3)N(c3cnccn3)CC(c3ccc[nH]3)(N3CCNCC3)OC2(c2ccc3ccccc3n2)N2CCCCC2)nc1. The molecular formula is C37H39N11OS. The highest BCUT2D eigenvalue weighted by molar-refractivity contribution is 7.09. The number of aromatic nitrogens is 7. The molecule has 3 fully saturated rings. The summed E-state index contributed by atoms with van der Waals surface area (Å²) in [6.45, 7) is 5.17. The van der Waals surface area contributed by atoms with Crippen LogP contribution in [0.2, 0.25) is 0 Å². The molecule has 3 saturated heterocycles. The topological polar surface area (TPSA) is 124 Å². The van der Waals surface area contributed by atoms with Crippen molar-refractivity contribution in [3.05, 3.63) is 126 Å². The van der Waals surface area contributed by atoms with Crippen LogP contribution in [0.15, 0.2) is 103 Å². The third kappa shape index (κ3) is 4.79. The Kier molecular flexibility index (Phi) is 8.09. The highest BCUT2D eigenvalue weighted by Crippen LogP contribution is 2.61. The van der Waals surface area contributed by atoms with E-state index in [-0.39, 0.29) is 0 Å². The molecule has 9 rings (SSSR count). The summed E-state index contributed by atoms with van der Waals surface area (Å²) in [5.74, 6) is 1.23. The number of hydrogen-bond donors (Lipinski definition) is 2. The van der Waals surface area contributed by atoms with E-state index in [1.165, 1.54) is 0 Å². The molecule has 3 aliphatic heterocycles. The third-order valence-electron chi connectivity index (χ3n) is 10.4. The molecule has 3 unspecified atom stereocenters. The van der Waals surface area contributed by atoms with Gasteiger partial charge in [-0.2, -0.15) is 0 Å². The second-order valence-electron chi connectivity index (χ2n) is 13.1. The van der Waals surface area contributed by atoms with Crippen molar-refractivity contribution >= 4 is 28.1 Å². The van der Waals surface area contributed by atoms with E-state index in [0.717, 1.165) is 85.8 Å². The van der Waals surface area contributed by atoms with Crippen LogP contribution in [0.5, 0.6) is 0 Å². The number of anilines is 1. The summed E-state index contributed by atoms with van der Waals surface area (Å²) in [6, 6.07) is 18.6. The van der Waals surface area contributed by atoms with Crippen molar-refractivity contribution in [2.24, 2.45) is 0 Å². The molecule has 1 aromatic carbocycles. The van der Waals surface area contributed by atoms with Gasteiger partial charge in [-0.05, 0) is 43.2 Å². The Morgan fingerprint density at radius 1 is 0.760 bits per heavy atom. The molecule has 2 N–H and O–H groups in total. The number of H-pyrrole nitrogens is 1. The molecule has 5 aromatic heterocycles. The van der Waals surface area contributed by atoms with E-state index in [2.05, 4.69) is 72.4 Å². The fraction of sp³-hybridized carbons (Fsp3) is 0.351. The smallest absolute Gasteiger partial charge is 0.205 e. The van der Waals surface area contributed by atoms with Crippen molar-refractivity contribution in [1.82, 2.24) is 50.0 Å². The summed E-state index contributed by atoms with van der Waals surface area (Å²) in [5.41, 5.74) is -0.949. The van der Waals surface area contributed by atoms with Crippen molar-refractivity contribution in [2.45, 2.75) is 36.3 Å². The van der Waals surface area contributed by atoms with Crippen LogP contribution in [0.25, 0.3) is 10.9 Å². The number of benzene rings is 1. The predicted octanol–water partition coefficient (Wildman–Crippen LogP) is 4.48. The lowest BCUT2D eigenvalue weighted by molar-refractivity contribution is -0.338. The van der Waals surface area contributed by atoms with Gasteiger partial charge in [0.15, 0.2) is 11.5 Å². The van der Waals surface area contributed by atoms with Gasteiger partial charge in [0.1, 0.15) is 10.8 Å². The Balaban J connectivity index is 1.46. The second kappa shape index (κ2) is 12.9. The molecule has 13 heteroatoms. The highest BCUT2D eigenvalue weighted by Gasteiger charge is 2.74. The van der Waals surface area contributed by atoms with E-state index in [9.17, 15) is 0 Å². The van der Waals surface area contributed by atoms with Gasteiger partial charge in [-0.3, -0.25) is 14.8 Å². The minimum absolute atomic E-state index is 0.382. The number of morpholine rings is 1. The molecule has 0 saturated carbocycles. The monoisotopic (exact) mass is 685 g/mol. The van der Waals surface area contributed by atoms with Crippen molar-refractivity contribution in [3.8, 4) is 0 Å². The van der Waals surface area contributed by atoms with Crippen LogP contribution in [-0.2, 0) is 21.7 Å². The molecule has 0 radical (unpaired) electrons. The number of ether oxygens (including phenoxy) is 1. The zero-order chi connectivity index (χ0) is 33.4.